The number of carbonyl (C=O) groups is 1. The first-order valence-corrected chi connectivity index (χ1v) is 10.4. The van der Waals surface area contributed by atoms with E-state index in [2.05, 4.69) is 0 Å². The van der Waals surface area contributed by atoms with Crippen molar-refractivity contribution in [3.63, 3.8) is 0 Å². The lowest BCUT2D eigenvalue weighted by Crippen LogP contribution is -2.18. The fraction of sp³-hybridized carbons (Fsp3) is 0.240. The van der Waals surface area contributed by atoms with Crippen LogP contribution in [0.15, 0.2) is 42.5 Å². The molecule has 3 aromatic carbocycles. The van der Waals surface area contributed by atoms with Crippen molar-refractivity contribution in [1.29, 1.82) is 0 Å². The average Bonchev–Trinajstić information content (AvgIpc) is 2.75. The maximum atomic E-state index is 10.3. The van der Waals surface area contributed by atoms with E-state index in [0.717, 1.165) is 41.7 Å². The van der Waals surface area contributed by atoms with Crippen LogP contribution in [0.25, 0.3) is 0 Å². The summed E-state index contributed by atoms with van der Waals surface area (Å²) < 4.78 is 5.47. The Balaban J connectivity index is 0.000000183. The molecular formula is C25H28O9. The molecular weight excluding hydrogens is 444 g/mol. The van der Waals surface area contributed by atoms with Gasteiger partial charge in [-0.3, -0.25) is 0 Å². The van der Waals surface area contributed by atoms with Gasteiger partial charge in [0, 0.05) is 17.7 Å². The number of phenols is 6. The third-order valence-corrected chi connectivity index (χ3v) is 5.06. The fourth-order valence-electron chi connectivity index (χ4n) is 3.13. The molecule has 34 heavy (non-hydrogen) atoms. The van der Waals surface area contributed by atoms with Gasteiger partial charge in [0.2, 0.25) is 0 Å². The topological polar surface area (TPSA) is 168 Å². The summed E-state index contributed by atoms with van der Waals surface area (Å²) >= 11 is 0. The van der Waals surface area contributed by atoms with E-state index in [1.807, 2.05) is 39.0 Å². The van der Waals surface area contributed by atoms with E-state index in [0.29, 0.717) is 11.5 Å². The number of carboxylic acid groups (broad SMARTS) is 1. The third-order valence-electron chi connectivity index (χ3n) is 5.06. The van der Waals surface area contributed by atoms with Gasteiger partial charge in [0.05, 0.1) is 11.7 Å². The minimum Gasteiger partial charge on any atom is -0.508 e. The van der Waals surface area contributed by atoms with Gasteiger partial charge in [0.1, 0.15) is 23.0 Å². The highest BCUT2D eigenvalue weighted by Crippen LogP contribution is 2.37. The normalized spacial score (nSPS) is 13.8. The molecule has 7 N–H and O–H groups in total. The van der Waals surface area contributed by atoms with E-state index >= 15 is 0 Å². The van der Waals surface area contributed by atoms with Gasteiger partial charge in [-0.25, -0.2) is 4.79 Å². The Morgan fingerprint density at radius 2 is 1.41 bits per heavy atom. The summed E-state index contributed by atoms with van der Waals surface area (Å²) in [6.07, 6.45) is 1.88. The van der Waals surface area contributed by atoms with Gasteiger partial charge in [-0.1, -0.05) is 18.2 Å². The van der Waals surface area contributed by atoms with Crippen LogP contribution >= 0.6 is 0 Å². The van der Waals surface area contributed by atoms with Crippen molar-refractivity contribution in [1.82, 2.24) is 0 Å². The molecule has 1 heterocycles. The van der Waals surface area contributed by atoms with Crippen LogP contribution in [0, 0.1) is 13.8 Å². The number of benzene rings is 3. The minimum atomic E-state index is -1.29. The standard InChI is InChI=1S/C10H12O3.C8H10O.C7H6O5/c1-6-2-3-8-9(12)4-7(11)5-10(8)13-6;1-6-4-3-5-7(2)8(6)9;8-4-1-3(7(11)12)2-5(9)6(4)10/h4-6,11-12H,2-3H2,1H3;3-5,9H,1-2H3;1-2,8-10H,(H,11,12). The number of phenolic OH excluding ortho intramolecular Hbond substituents is 6. The van der Waals surface area contributed by atoms with Crippen LogP contribution in [-0.4, -0.2) is 47.8 Å². The van der Waals surface area contributed by atoms with Crippen molar-refractivity contribution >= 4 is 5.97 Å². The smallest absolute Gasteiger partial charge is 0.335 e. The lowest BCUT2D eigenvalue weighted by molar-refractivity contribution is 0.0695. The fourth-order valence-corrected chi connectivity index (χ4v) is 3.13. The Bertz CT molecular complexity index is 1130. The molecule has 0 saturated heterocycles. The van der Waals surface area contributed by atoms with Crippen LogP contribution in [-0.2, 0) is 6.42 Å². The van der Waals surface area contributed by atoms with Gasteiger partial charge in [0.15, 0.2) is 17.2 Å². The molecule has 1 aliphatic rings. The van der Waals surface area contributed by atoms with E-state index in [9.17, 15) is 20.1 Å². The third kappa shape index (κ3) is 6.61. The van der Waals surface area contributed by atoms with E-state index in [4.69, 9.17) is 25.2 Å². The van der Waals surface area contributed by atoms with Gasteiger partial charge >= 0.3 is 5.97 Å². The molecule has 0 aliphatic carbocycles. The number of aryl methyl sites for hydroxylation is 2. The average molecular weight is 472 g/mol. The molecule has 1 aliphatic heterocycles. The molecule has 0 spiro atoms. The second kappa shape index (κ2) is 11.0. The monoisotopic (exact) mass is 472 g/mol. The van der Waals surface area contributed by atoms with Gasteiger partial charge in [-0.05, 0) is 56.9 Å². The Morgan fingerprint density at radius 3 is 1.91 bits per heavy atom. The van der Waals surface area contributed by atoms with Crippen molar-refractivity contribution in [3.8, 4) is 40.2 Å². The molecule has 0 aromatic heterocycles. The molecule has 9 heteroatoms. The first-order valence-electron chi connectivity index (χ1n) is 10.4. The molecule has 0 saturated carbocycles. The molecule has 1 unspecified atom stereocenters. The molecule has 1 atom stereocenters. The van der Waals surface area contributed by atoms with Gasteiger partial charge in [-0.2, -0.15) is 0 Å². The van der Waals surface area contributed by atoms with Gasteiger partial charge in [0.25, 0.3) is 0 Å². The Morgan fingerprint density at radius 1 is 0.853 bits per heavy atom. The number of ether oxygens (including phenoxy) is 1. The predicted octanol–water partition coefficient (Wildman–Crippen LogP) is 4.32. The molecule has 0 fully saturated rings. The summed E-state index contributed by atoms with van der Waals surface area (Å²) in [5.41, 5.74) is 2.39. The maximum absolute atomic E-state index is 10.3. The first-order chi connectivity index (χ1) is 15.9. The Labute approximate surface area is 196 Å². The van der Waals surface area contributed by atoms with Crippen LogP contribution in [0.2, 0.25) is 0 Å². The first kappa shape index (κ1) is 26.0. The largest absolute Gasteiger partial charge is 0.508 e. The Kier molecular flexibility index (Phi) is 8.44. The number of hydrogen-bond acceptors (Lipinski definition) is 8. The molecule has 9 nitrogen and oxygen atoms in total. The highest BCUT2D eigenvalue weighted by atomic mass is 16.5. The SMILES string of the molecule is CC1CCc2c(O)cc(O)cc2O1.Cc1cccc(C)c1O.O=C(O)c1cc(O)c(O)c(O)c1. The molecule has 4 rings (SSSR count). The highest BCUT2D eigenvalue weighted by Gasteiger charge is 2.19. The molecule has 0 amide bonds. The van der Waals surface area contributed by atoms with Crippen molar-refractivity contribution in [2.24, 2.45) is 0 Å². The second-order valence-corrected chi connectivity index (χ2v) is 7.82. The minimum absolute atomic E-state index is 0.0466. The molecule has 3 aromatic rings. The van der Waals surface area contributed by atoms with E-state index in [1.165, 1.54) is 6.07 Å². The van der Waals surface area contributed by atoms with Crippen molar-refractivity contribution < 1.29 is 45.3 Å². The number of aromatic carboxylic acids is 1. The van der Waals surface area contributed by atoms with Gasteiger partial charge < -0.3 is 40.5 Å². The quantitative estimate of drug-likeness (QED) is 0.255. The summed E-state index contributed by atoms with van der Waals surface area (Å²) in [5.74, 6) is -2.14. The number of rotatable bonds is 1. The number of fused-ring (bicyclic) bond motifs is 1. The van der Waals surface area contributed by atoms with Crippen molar-refractivity contribution in [3.05, 3.63) is 64.7 Å². The second-order valence-electron chi connectivity index (χ2n) is 7.82. The number of aromatic hydroxyl groups is 6. The lowest BCUT2D eigenvalue weighted by Gasteiger charge is -2.23. The zero-order chi connectivity index (χ0) is 25.6. The van der Waals surface area contributed by atoms with Crippen LogP contribution in [0.3, 0.4) is 0 Å². The van der Waals surface area contributed by atoms with Crippen LogP contribution in [0.1, 0.15) is 40.4 Å². The summed E-state index contributed by atoms with van der Waals surface area (Å²) in [5, 5.41) is 62.9. The molecule has 0 bridgehead atoms. The highest BCUT2D eigenvalue weighted by molar-refractivity contribution is 5.89. The lowest BCUT2D eigenvalue weighted by atomic mass is 10.0. The van der Waals surface area contributed by atoms with E-state index < -0.39 is 23.2 Å². The molecule has 182 valence electrons. The summed E-state index contributed by atoms with van der Waals surface area (Å²) in [4.78, 5) is 10.3. The number of carboxylic acids is 1. The predicted molar refractivity (Wildman–Crippen MR) is 124 cm³/mol. The summed E-state index contributed by atoms with van der Waals surface area (Å²) in [6.45, 7) is 5.76. The summed E-state index contributed by atoms with van der Waals surface area (Å²) in [7, 11) is 0. The Hall–Kier alpha value is -4.27. The maximum Gasteiger partial charge on any atom is 0.335 e. The molecule has 0 radical (unpaired) electrons. The zero-order valence-electron chi connectivity index (χ0n) is 19.0. The number of para-hydroxylation sites is 1. The van der Waals surface area contributed by atoms with E-state index in [1.54, 1.807) is 6.07 Å². The zero-order valence-corrected chi connectivity index (χ0v) is 19.0. The van der Waals surface area contributed by atoms with Crippen LogP contribution in [0.4, 0.5) is 0 Å². The van der Waals surface area contributed by atoms with Crippen LogP contribution in [0.5, 0.6) is 40.2 Å². The van der Waals surface area contributed by atoms with Gasteiger partial charge in [-0.15, -0.1) is 0 Å². The van der Waals surface area contributed by atoms with Crippen molar-refractivity contribution in [2.45, 2.75) is 39.7 Å². The number of hydrogen-bond donors (Lipinski definition) is 7. The summed E-state index contributed by atoms with van der Waals surface area (Å²) in [6, 6.07) is 10.3. The van der Waals surface area contributed by atoms with Crippen molar-refractivity contribution in [2.75, 3.05) is 0 Å². The van der Waals surface area contributed by atoms with E-state index in [-0.39, 0.29) is 23.2 Å². The van der Waals surface area contributed by atoms with Crippen LogP contribution < -0.4 is 4.74 Å².